The molecule has 7 heteroatoms. The van der Waals surface area contributed by atoms with Crippen LogP contribution >= 0.6 is 23.1 Å². The van der Waals surface area contributed by atoms with Gasteiger partial charge in [-0.3, -0.25) is 14.2 Å². The van der Waals surface area contributed by atoms with Crippen molar-refractivity contribution in [2.75, 3.05) is 6.54 Å². The Morgan fingerprint density at radius 3 is 2.70 bits per heavy atom. The van der Waals surface area contributed by atoms with Gasteiger partial charge < -0.3 is 5.32 Å². The van der Waals surface area contributed by atoms with Crippen molar-refractivity contribution >= 4 is 39.2 Å². The molecular formula is C20H29N3O2S2. The number of rotatable bonds is 6. The second-order valence-electron chi connectivity index (χ2n) is 7.23. The lowest BCUT2D eigenvalue weighted by atomic mass is 10.1. The van der Waals surface area contributed by atoms with E-state index in [1.807, 2.05) is 18.4 Å². The molecule has 0 unspecified atom stereocenters. The SMILES string of the molecule is CCNC(=O)[C@@H](C)Sc1nc2sc3c(c2c(=O)n1[C@H](C)CC)CCCCC3. The fourth-order valence-electron chi connectivity index (χ4n) is 3.56. The van der Waals surface area contributed by atoms with Crippen molar-refractivity contribution in [3.05, 3.63) is 20.8 Å². The standard InChI is InChI=1S/C20H29N3O2S2/c1-5-12(3)23-19(25)16-14-10-8-7-9-11-15(14)27-18(16)22-20(23)26-13(4)17(24)21-6-2/h12-13H,5-11H2,1-4H3,(H,21,24)/t12-,13-/m1/s1. The monoisotopic (exact) mass is 407 g/mol. The van der Waals surface area contributed by atoms with Gasteiger partial charge in [0.2, 0.25) is 5.91 Å². The van der Waals surface area contributed by atoms with E-state index in [-0.39, 0.29) is 22.8 Å². The first-order valence-corrected chi connectivity index (χ1v) is 11.7. The molecule has 148 valence electrons. The quantitative estimate of drug-likeness (QED) is 0.440. The molecule has 3 rings (SSSR count). The molecule has 1 aliphatic rings. The van der Waals surface area contributed by atoms with Gasteiger partial charge in [-0.2, -0.15) is 0 Å². The number of thioether (sulfide) groups is 1. The summed E-state index contributed by atoms with van der Waals surface area (Å²) in [6.45, 7) is 8.52. The van der Waals surface area contributed by atoms with Crippen LogP contribution in [0.4, 0.5) is 0 Å². The Hall–Kier alpha value is -1.34. The molecule has 0 fully saturated rings. The third kappa shape index (κ3) is 4.09. The molecule has 0 aliphatic heterocycles. The van der Waals surface area contributed by atoms with Gasteiger partial charge in [-0.05, 0) is 58.4 Å². The van der Waals surface area contributed by atoms with Gasteiger partial charge in [0.25, 0.3) is 5.56 Å². The predicted molar refractivity (Wildman–Crippen MR) is 114 cm³/mol. The fraction of sp³-hybridized carbons (Fsp3) is 0.650. The Morgan fingerprint density at radius 1 is 1.26 bits per heavy atom. The zero-order valence-corrected chi connectivity index (χ0v) is 18.3. The van der Waals surface area contributed by atoms with E-state index in [1.54, 1.807) is 11.3 Å². The molecule has 2 heterocycles. The summed E-state index contributed by atoms with van der Waals surface area (Å²) in [6.07, 6.45) is 6.45. The Labute approximate surface area is 169 Å². The second-order valence-corrected chi connectivity index (χ2v) is 9.62. The Bertz CT molecular complexity index is 887. The zero-order valence-electron chi connectivity index (χ0n) is 16.6. The van der Waals surface area contributed by atoms with Crippen molar-refractivity contribution in [1.29, 1.82) is 0 Å². The lowest BCUT2D eigenvalue weighted by molar-refractivity contribution is -0.120. The van der Waals surface area contributed by atoms with E-state index in [0.717, 1.165) is 35.9 Å². The Morgan fingerprint density at radius 2 is 2.00 bits per heavy atom. The molecule has 2 aromatic heterocycles. The molecule has 0 spiro atoms. The summed E-state index contributed by atoms with van der Waals surface area (Å²) >= 11 is 3.06. The van der Waals surface area contributed by atoms with E-state index < -0.39 is 0 Å². The number of hydrogen-bond acceptors (Lipinski definition) is 5. The van der Waals surface area contributed by atoms with E-state index >= 15 is 0 Å². The van der Waals surface area contributed by atoms with Crippen molar-refractivity contribution < 1.29 is 4.79 Å². The molecule has 0 saturated heterocycles. The minimum Gasteiger partial charge on any atom is -0.355 e. The lowest BCUT2D eigenvalue weighted by Gasteiger charge is -2.19. The van der Waals surface area contributed by atoms with Crippen molar-refractivity contribution in [3.63, 3.8) is 0 Å². The molecule has 1 amide bonds. The highest BCUT2D eigenvalue weighted by Crippen LogP contribution is 2.35. The third-order valence-electron chi connectivity index (χ3n) is 5.27. The highest BCUT2D eigenvalue weighted by molar-refractivity contribution is 8.00. The molecule has 2 aromatic rings. The zero-order chi connectivity index (χ0) is 19.6. The maximum atomic E-state index is 13.5. The van der Waals surface area contributed by atoms with Gasteiger partial charge in [0, 0.05) is 17.5 Å². The topological polar surface area (TPSA) is 64.0 Å². The van der Waals surface area contributed by atoms with Crippen LogP contribution in [0, 0.1) is 0 Å². The van der Waals surface area contributed by atoms with Gasteiger partial charge in [0.15, 0.2) is 5.16 Å². The van der Waals surface area contributed by atoms with Crippen molar-refractivity contribution in [3.8, 4) is 0 Å². The van der Waals surface area contributed by atoms with Crippen LogP contribution in [-0.4, -0.2) is 27.3 Å². The Kier molecular flexibility index (Phi) is 6.63. The van der Waals surface area contributed by atoms with Gasteiger partial charge in [-0.15, -0.1) is 11.3 Å². The minimum absolute atomic E-state index is 0.0190. The number of carbonyl (C=O) groups excluding carboxylic acids is 1. The summed E-state index contributed by atoms with van der Waals surface area (Å²) in [5, 5.41) is 4.05. The Balaban J connectivity index is 2.12. The first kappa shape index (κ1) is 20.4. The summed E-state index contributed by atoms with van der Waals surface area (Å²) < 4.78 is 1.82. The summed E-state index contributed by atoms with van der Waals surface area (Å²) in [7, 11) is 0. The van der Waals surface area contributed by atoms with Crippen LogP contribution < -0.4 is 10.9 Å². The number of aromatic nitrogens is 2. The van der Waals surface area contributed by atoms with Crippen molar-refractivity contribution in [2.45, 2.75) is 82.7 Å². The van der Waals surface area contributed by atoms with Crippen LogP contribution in [-0.2, 0) is 17.6 Å². The molecule has 0 saturated carbocycles. The molecule has 0 radical (unpaired) electrons. The minimum atomic E-state index is -0.289. The van der Waals surface area contributed by atoms with Crippen LogP contribution in [0.2, 0.25) is 0 Å². The third-order valence-corrected chi connectivity index (χ3v) is 7.52. The molecule has 5 nitrogen and oxygen atoms in total. The van der Waals surface area contributed by atoms with Gasteiger partial charge in [-0.1, -0.05) is 25.1 Å². The summed E-state index contributed by atoms with van der Waals surface area (Å²) in [4.78, 5) is 32.8. The maximum absolute atomic E-state index is 13.5. The maximum Gasteiger partial charge on any atom is 0.263 e. The normalized spacial score (nSPS) is 16.6. The lowest BCUT2D eigenvalue weighted by Crippen LogP contribution is -2.32. The summed E-state index contributed by atoms with van der Waals surface area (Å²) in [5.41, 5.74) is 1.30. The van der Waals surface area contributed by atoms with E-state index in [0.29, 0.717) is 11.7 Å². The van der Waals surface area contributed by atoms with Crippen LogP contribution in [0.5, 0.6) is 0 Å². The van der Waals surface area contributed by atoms with Crippen LogP contribution in [0.1, 0.15) is 69.9 Å². The number of carbonyl (C=O) groups is 1. The smallest absolute Gasteiger partial charge is 0.263 e. The number of amides is 1. The van der Waals surface area contributed by atoms with Gasteiger partial charge in [0.1, 0.15) is 4.83 Å². The number of aryl methyl sites for hydroxylation is 2. The number of thiophene rings is 1. The van der Waals surface area contributed by atoms with Crippen LogP contribution in [0.25, 0.3) is 10.2 Å². The summed E-state index contributed by atoms with van der Waals surface area (Å²) in [5.74, 6) is -0.0190. The molecular weight excluding hydrogens is 378 g/mol. The van der Waals surface area contributed by atoms with Gasteiger partial charge in [0.05, 0.1) is 10.6 Å². The highest BCUT2D eigenvalue weighted by Gasteiger charge is 2.25. The van der Waals surface area contributed by atoms with E-state index in [1.165, 1.54) is 35.0 Å². The highest BCUT2D eigenvalue weighted by atomic mass is 32.2. The van der Waals surface area contributed by atoms with Crippen LogP contribution in [0.3, 0.4) is 0 Å². The van der Waals surface area contributed by atoms with E-state index in [9.17, 15) is 9.59 Å². The molecule has 2 atom stereocenters. The predicted octanol–water partition coefficient (Wildman–Crippen LogP) is 4.31. The summed E-state index contributed by atoms with van der Waals surface area (Å²) in [6, 6.07) is 0.0552. The molecule has 1 N–H and O–H groups in total. The van der Waals surface area contributed by atoms with Gasteiger partial charge >= 0.3 is 0 Å². The number of nitrogens with one attached hydrogen (secondary N) is 1. The molecule has 0 aromatic carbocycles. The van der Waals surface area contributed by atoms with Crippen LogP contribution in [0.15, 0.2) is 9.95 Å². The number of fused-ring (bicyclic) bond motifs is 3. The second kappa shape index (κ2) is 8.78. The van der Waals surface area contributed by atoms with E-state index in [2.05, 4.69) is 19.2 Å². The largest absolute Gasteiger partial charge is 0.355 e. The van der Waals surface area contributed by atoms with Crippen molar-refractivity contribution in [2.24, 2.45) is 0 Å². The number of hydrogen-bond donors (Lipinski definition) is 1. The fourth-order valence-corrected chi connectivity index (χ4v) is 5.90. The van der Waals surface area contributed by atoms with Crippen molar-refractivity contribution in [1.82, 2.24) is 14.9 Å². The van der Waals surface area contributed by atoms with Gasteiger partial charge in [-0.25, -0.2) is 4.98 Å². The first-order valence-electron chi connectivity index (χ1n) is 9.99. The molecule has 0 bridgehead atoms. The first-order chi connectivity index (χ1) is 13.0. The average molecular weight is 408 g/mol. The molecule has 1 aliphatic carbocycles. The molecule has 27 heavy (non-hydrogen) atoms. The van der Waals surface area contributed by atoms with E-state index in [4.69, 9.17) is 4.98 Å². The number of nitrogens with zero attached hydrogens (tertiary/aromatic N) is 2. The average Bonchev–Trinajstić information content (AvgIpc) is 2.83.